The Balaban J connectivity index is 1.82. The van der Waals surface area contributed by atoms with Crippen LogP contribution in [0.5, 0.6) is 0 Å². The van der Waals surface area contributed by atoms with E-state index >= 15 is 0 Å². The molecule has 2 atom stereocenters. The quantitative estimate of drug-likeness (QED) is 0.724. The average molecular weight is 452 g/mol. The van der Waals surface area contributed by atoms with Gasteiger partial charge in [-0.1, -0.05) is 0 Å². The summed E-state index contributed by atoms with van der Waals surface area (Å²) < 4.78 is 12.7. The van der Waals surface area contributed by atoms with Crippen molar-refractivity contribution < 1.29 is 13.9 Å². The lowest BCUT2D eigenvalue weighted by molar-refractivity contribution is 0.00925. The number of carbonyl (C=O) groups is 1. The van der Waals surface area contributed by atoms with Crippen LogP contribution >= 0.6 is 31.9 Å². The first-order valence-corrected chi connectivity index (χ1v) is 9.41. The van der Waals surface area contributed by atoms with Crippen molar-refractivity contribution in [2.24, 2.45) is 0 Å². The molecule has 0 bridgehead atoms. The van der Waals surface area contributed by atoms with E-state index in [-0.39, 0.29) is 12.1 Å². The third kappa shape index (κ3) is 5.50. The molecule has 5 nitrogen and oxygen atoms in total. The van der Waals surface area contributed by atoms with E-state index < -0.39 is 5.60 Å². The van der Waals surface area contributed by atoms with Gasteiger partial charge in [0.05, 0.1) is 11.0 Å². The molecule has 0 aliphatic carbocycles. The van der Waals surface area contributed by atoms with Crippen LogP contribution in [-0.2, 0) is 11.3 Å². The number of halogens is 2. The number of hydrogen-bond donors (Lipinski definition) is 1. The standard InChI is InChI=1S/C16H24Br2N2O3/c1-10-7-11(19-9-12-8-13(17)14(18)22-12)5-6-20(10)15(21)23-16(2,3)4/h8,10-11,19H,5-7,9H2,1-4H3. The lowest BCUT2D eigenvalue weighted by Gasteiger charge is -2.38. The molecule has 2 heterocycles. The highest BCUT2D eigenvalue weighted by molar-refractivity contribution is 9.13. The van der Waals surface area contributed by atoms with Gasteiger partial charge in [-0.15, -0.1) is 0 Å². The molecule has 0 aromatic carbocycles. The number of ether oxygens (including phenoxy) is 1. The topological polar surface area (TPSA) is 54.7 Å². The Kier molecular flexibility index (Phi) is 6.19. The van der Waals surface area contributed by atoms with Crippen molar-refractivity contribution in [3.05, 3.63) is 21.0 Å². The molecular formula is C16H24Br2N2O3. The molecule has 1 aromatic heterocycles. The molecule has 130 valence electrons. The minimum atomic E-state index is -0.452. The molecule has 1 aliphatic heterocycles. The number of carbonyl (C=O) groups excluding carboxylic acids is 1. The summed E-state index contributed by atoms with van der Waals surface area (Å²) in [4.78, 5) is 14.0. The van der Waals surface area contributed by atoms with Crippen molar-refractivity contribution in [1.29, 1.82) is 0 Å². The Bertz CT molecular complexity index is 535. The Labute approximate surface area is 154 Å². The average Bonchev–Trinajstić information content (AvgIpc) is 2.73. The van der Waals surface area contributed by atoms with E-state index in [1.54, 1.807) is 0 Å². The summed E-state index contributed by atoms with van der Waals surface area (Å²) in [6.45, 7) is 9.13. The van der Waals surface area contributed by atoms with Gasteiger partial charge in [-0.2, -0.15) is 0 Å². The molecule has 1 fully saturated rings. The highest BCUT2D eigenvalue weighted by Crippen LogP contribution is 2.27. The third-order valence-corrected chi connectivity index (χ3v) is 5.48. The van der Waals surface area contributed by atoms with Gasteiger partial charge in [0, 0.05) is 18.6 Å². The van der Waals surface area contributed by atoms with Crippen LogP contribution < -0.4 is 5.32 Å². The van der Waals surface area contributed by atoms with Crippen LogP contribution in [0.1, 0.15) is 46.3 Å². The van der Waals surface area contributed by atoms with Crippen LogP contribution in [0, 0.1) is 0 Å². The lowest BCUT2D eigenvalue weighted by atomic mass is 9.98. The summed E-state index contributed by atoms with van der Waals surface area (Å²) in [6.07, 6.45) is 1.59. The maximum absolute atomic E-state index is 12.2. The van der Waals surface area contributed by atoms with Gasteiger partial charge in [0.2, 0.25) is 0 Å². The molecule has 1 N–H and O–H groups in total. The number of amides is 1. The van der Waals surface area contributed by atoms with E-state index in [4.69, 9.17) is 9.15 Å². The Morgan fingerprint density at radius 2 is 2.17 bits per heavy atom. The first-order valence-electron chi connectivity index (χ1n) is 7.82. The molecule has 7 heteroatoms. The molecule has 1 aromatic rings. The van der Waals surface area contributed by atoms with E-state index in [0.29, 0.717) is 23.8 Å². The Morgan fingerprint density at radius 3 is 2.70 bits per heavy atom. The number of rotatable bonds is 3. The van der Waals surface area contributed by atoms with Crippen LogP contribution in [0.15, 0.2) is 19.6 Å². The fourth-order valence-electron chi connectivity index (χ4n) is 2.67. The second-order valence-electron chi connectivity index (χ2n) is 6.96. The molecule has 0 radical (unpaired) electrons. The fraction of sp³-hybridized carbons (Fsp3) is 0.688. The van der Waals surface area contributed by atoms with Crippen molar-refractivity contribution in [1.82, 2.24) is 10.2 Å². The van der Waals surface area contributed by atoms with Gasteiger partial charge in [0.25, 0.3) is 0 Å². The van der Waals surface area contributed by atoms with Gasteiger partial charge in [-0.3, -0.25) is 0 Å². The summed E-state index contributed by atoms with van der Waals surface area (Å²) in [7, 11) is 0. The summed E-state index contributed by atoms with van der Waals surface area (Å²) in [5, 5.41) is 3.50. The van der Waals surface area contributed by atoms with Crippen LogP contribution in [0.25, 0.3) is 0 Å². The minimum Gasteiger partial charge on any atom is -0.452 e. The second kappa shape index (κ2) is 7.57. The molecule has 1 amide bonds. The summed E-state index contributed by atoms with van der Waals surface area (Å²) in [5.41, 5.74) is -0.452. The van der Waals surface area contributed by atoms with E-state index in [2.05, 4.69) is 44.1 Å². The van der Waals surface area contributed by atoms with Gasteiger partial charge in [0.1, 0.15) is 11.4 Å². The first kappa shape index (κ1) is 18.8. The van der Waals surface area contributed by atoms with Gasteiger partial charge in [-0.25, -0.2) is 4.79 Å². The van der Waals surface area contributed by atoms with Crippen LogP contribution in [0.3, 0.4) is 0 Å². The van der Waals surface area contributed by atoms with Crippen LogP contribution in [0.4, 0.5) is 4.79 Å². The van der Waals surface area contributed by atoms with Crippen molar-refractivity contribution >= 4 is 38.0 Å². The SMILES string of the molecule is CC1CC(NCc2cc(Br)c(Br)o2)CCN1C(=O)OC(C)(C)C. The van der Waals surface area contributed by atoms with Crippen molar-refractivity contribution in [3.63, 3.8) is 0 Å². The van der Waals surface area contributed by atoms with E-state index in [9.17, 15) is 4.79 Å². The highest BCUT2D eigenvalue weighted by atomic mass is 79.9. The zero-order valence-electron chi connectivity index (χ0n) is 14.0. The molecular weight excluding hydrogens is 428 g/mol. The molecule has 2 rings (SSSR count). The maximum Gasteiger partial charge on any atom is 0.410 e. The Hall–Kier alpha value is -0.530. The monoisotopic (exact) mass is 450 g/mol. The molecule has 1 aliphatic rings. The van der Waals surface area contributed by atoms with Gasteiger partial charge in [-0.05, 0) is 78.5 Å². The Morgan fingerprint density at radius 1 is 1.48 bits per heavy atom. The second-order valence-corrected chi connectivity index (χ2v) is 8.53. The van der Waals surface area contributed by atoms with Crippen molar-refractivity contribution in [2.75, 3.05) is 6.54 Å². The zero-order chi connectivity index (χ0) is 17.2. The predicted molar refractivity (Wildman–Crippen MR) is 96.4 cm³/mol. The normalized spacial score (nSPS) is 22.3. The van der Waals surface area contributed by atoms with Gasteiger partial charge < -0.3 is 19.4 Å². The van der Waals surface area contributed by atoms with Crippen LogP contribution in [0.2, 0.25) is 0 Å². The number of hydrogen-bond acceptors (Lipinski definition) is 4. The summed E-state index contributed by atoms with van der Waals surface area (Å²) in [6, 6.07) is 2.48. The number of nitrogens with one attached hydrogen (secondary N) is 1. The van der Waals surface area contributed by atoms with E-state index in [0.717, 1.165) is 23.1 Å². The number of nitrogens with zero attached hydrogens (tertiary/aromatic N) is 1. The lowest BCUT2D eigenvalue weighted by Crippen LogP contribution is -2.50. The first-order chi connectivity index (χ1) is 10.7. The smallest absolute Gasteiger partial charge is 0.410 e. The molecule has 0 saturated carbocycles. The highest BCUT2D eigenvalue weighted by Gasteiger charge is 2.31. The van der Waals surface area contributed by atoms with E-state index in [1.807, 2.05) is 31.7 Å². The summed E-state index contributed by atoms with van der Waals surface area (Å²) >= 11 is 6.75. The van der Waals surface area contributed by atoms with Crippen molar-refractivity contribution in [3.8, 4) is 0 Å². The largest absolute Gasteiger partial charge is 0.452 e. The van der Waals surface area contributed by atoms with Gasteiger partial charge >= 0.3 is 6.09 Å². The fourth-order valence-corrected chi connectivity index (χ4v) is 3.33. The minimum absolute atomic E-state index is 0.158. The van der Waals surface area contributed by atoms with Crippen LogP contribution in [-0.4, -0.2) is 35.2 Å². The predicted octanol–water partition coefficient (Wildman–Crippen LogP) is 4.68. The molecule has 1 saturated heterocycles. The number of piperidine rings is 1. The molecule has 23 heavy (non-hydrogen) atoms. The van der Waals surface area contributed by atoms with Crippen molar-refractivity contribution in [2.45, 2.75) is 64.8 Å². The number of likely N-dealkylation sites (tertiary alicyclic amines) is 1. The molecule has 2 unspecified atom stereocenters. The zero-order valence-corrected chi connectivity index (χ0v) is 17.2. The summed E-state index contributed by atoms with van der Waals surface area (Å²) in [5.74, 6) is 0.881. The third-order valence-electron chi connectivity index (χ3n) is 3.77. The van der Waals surface area contributed by atoms with Gasteiger partial charge in [0.15, 0.2) is 4.67 Å². The maximum atomic E-state index is 12.2. The molecule has 0 spiro atoms. The van der Waals surface area contributed by atoms with E-state index in [1.165, 1.54) is 0 Å². The number of furan rings is 1.